The molecule has 0 aliphatic heterocycles. The zero-order valence-electron chi connectivity index (χ0n) is 9.62. The molecular formula is C12H15FO3. The fraction of sp³-hybridized carbons (Fsp3) is 0.417. The third-order valence-corrected chi connectivity index (χ3v) is 2.36. The van der Waals surface area contributed by atoms with Gasteiger partial charge in [0.1, 0.15) is 0 Å². The predicted molar refractivity (Wildman–Crippen MR) is 58.4 cm³/mol. The Balaban J connectivity index is 2.91. The summed E-state index contributed by atoms with van der Waals surface area (Å²) in [6.07, 6.45) is -0.0706. The van der Waals surface area contributed by atoms with E-state index < -0.39 is 5.82 Å². The number of rotatable bonds is 5. The Labute approximate surface area is 94.2 Å². The van der Waals surface area contributed by atoms with E-state index in [1.165, 1.54) is 26.4 Å². The largest absolute Gasteiger partial charge is 0.494 e. The molecule has 0 bridgehead atoms. The van der Waals surface area contributed by atoms with Gasteiger partial charge in [0.2, 0.25) is 0 Å². The first-order valence-electron chi connectivity index (χ1n) is 4.98. The van der Waals surface area contributed by atoms with Gasteiger partial charge in [-0.2, -0.15) is 0 Å². The van der Waals surface area contributed by atoms with Crippen LogP contribution < -0.4 is 4.74 Å². The molecule has 0 heterocycles. The minimum Gasteiger partial charge on any atom is -0.494 e. The summed E-state index contributed by atoms with van der Waals surface area (Å²) < 4.78 is 23.5. The number of carbonyl (C=O) groups excluding carboxylic acids is 1. The number of methoxy groups -OCH3 is 2. The van der Waals surface area contributed by atoms with Crippen molar-refractivity contribution in [1.29, 1.82) is 0 Å². The minimum absolute atomic E-state index is 0.0447. The van der Waals surface area contributed by atoms with Crippen molar-refractivity contribution in [1.82, 2.24) is 0 Å². The monoisotopic (exact) mass is 226 g/mol. The second-order valence-corrected chi connectivity index (χ2v) is 3.50. The Morgan fingerprint density at radius 3 is 2.69 bits per heavy atom. The first kappa shape index (κ1) is 12.6. The molecule has 16 heavy (non-hydrogen) atoms. The van der Waals surface area contributed by atoms with Crippen molar-refractivity contribution in [2.24, 2.45) is 0 Å². The van der Waals surface area contributed by atoms with Crippen LogP contribution in [0.4, 0.5) is 4.39 Å². The highest BCUT2D eigenvalue weighted by atomic mass is 19.1. The van der Waals surface area contributed by atoms with Crippen LogP contribution in [0.3, 0.4) is 0 Å². The molecule has 0 aliphatic carbocycles. The molecule has 0 N–H and O–H groups in total. The molecule has 1 unspecified atom stereocenters. The zero-order chi connectivity index (χ0) is 12.1. The maximum absolute atomic E-state index is 13.7. The number of hydrogen-bond acceptors (Lipinski definition) is 3. The molecule has 0 saturated carbocycles. The molecule has 1 atom stereocenters. The van der Waals surface area contributed by atoms with E-state index in [1.807, 2.05) is 0 Å². The summed E-state index contributed by atoms with van der Waals surface area (Å²) in [4.78, 5) is 11.7. The van der Waals surface area contributed by atoms with E-state index in [9.17, 15) is 9.18 Å². The van der Waals surface area contributed by atoms with Crippen LogP contribution in [-0.4, -0.2) is 26.1 Å². The van der Waals surface area contributed by atoms with Crippen molar-refractivity contribution < 1.29 is 18.7 Å². The predicted octanol–water partition coefficient (Wildman–Crippen LogP) is 2.44. The van der Waals surface area contributed by atoms with E-state index in [4.69, 9.17) is 9.47 Å². The standard InChI is InChI=1S/C12H15FO3/c1-8(15-2)7-10(14)9-5-4-6-11(16-3)12(9)13/h4-6,8H,7H2,1-3H3. The van der Waals surface area contributed by atoms with E-state index in [1.54, 1.807) is 13.0 Å². The first-order chi connectivity index (χ1) is 7.60. The van der Waals surface area contributed by atoms with E-state index in [2.05, 4.69) is 0 Å². The lowest BCUT2D eigenvalue weighted by molar-refractivity contribution is 0.0788. The molecule has 0 aromatic heterocycles. The zero-order valence-corrected chi connectivity index (χ0v) is 9.62. The summed E-state index contributed by atoms with van der Waals surface area (Å²) in [5, 5.41) is 0. The summed E-state index contributed by atoms with van der Waals surface area (Å²) in [6, 6.07) is 4.51. The van der Waals surface area contributed by atoms with Gasteiger partial charge in [-0.05, 0) is 19.1 Å². The lowest BCUT2D eigenvalue weighted by atomic mass is 10.0. The highest BCUT2D eigenvalue weighted by Crippen LogP contribution is 2.21. The number of carbonyl (C=O) groups is 1. The van der Waals surface area contributed by atoms with Gasteiger partial charge in [-0.3, -0.25) is 4.79 Å². The second kappa shape index (κ2) is 5.61. The number of hydrogen-bond donors (Lipinski definition) is 0. The number of ketones is 1. The van der Waals surface area contributed by atoms with Crippen LogP contribution in [0.1, 0.15) is 23.7 Å². The third kappa shape index (κ3) is 2.79. The minimum atomic E-state index is -0.613. The van der Waals surface area contributed by atoms with Crippen molar-refractivity contribution in [2.75, 3.05) is 14.2 Å². The van der Waals surface area contributed by atoms with Gasteiger partial charge in [-0.25, -0.2) is 4.39 Å². The average molecular weight is 226 g/mol. The molecule has 88 valence electrons. The van der Waals surface area contributed by atoms with Crippen molar-refractivity contribution in [3.63, 3.8) is 0 Å². The van der Waals surface area contributed by atoms with Crippen LogP contribution >= 0.6 is 0 Å². The van der Waals surface area contributed by atoms with Gasteiger partial charge in [0.25, 0.3) is 0 Å². The number of benzene rings is 1. The highest BCUT2D eigenvalue weighted by Gasteiger charge is 2.17. The maximum Gasteiger partial charge on any atom is 0.175 e. The number of halogens is 1. The van der Waals surface area contributed by atoms with Gasteiger partial charge in [0.15, 0.2) is 17.3 Å². The molecule has 0 radical (unpaired) electrons. The fourth-order valence-electron chi connectivity index (χ4n) is 1.34. The van der Waals surface area contributed by atoms with Crippen molar-refractivity contribution in [2.45, 2.75) is 19.4 Å². The highest BCUT2D eigenvalue weighted by molar-refractivity contribution is 5.97. The Kier molecular flexibility index (Phi) is 4.43. The Morgan fingerprint density at radius 1 is 1.44 bits per heavy atom. The van der Waals surface area contributed by atoms with E-state index in [-0.39, 0.29) is 29.6 Å². The van der Waals surface area contributed by atoms with Gasteiger partial charge in [0.05, 0.1) is 18.8 Å². The summed E-state index contributed by atoms with van der Waals surface area (Å²) in [6.45, 7) is 1.76. The molecule has 0 amide bonds. The number of ether oxygens (including phenoxy) is 2. The van der Waals surface area contributed by atoms with Crippen molar-refractivity contribution in [3.05, 3.63) is 29.6 Å². The molecule has 1 rings (SSSR count). The summed E-state index contributed by atoms with van der Waals surface area (Å²) in [5.74, 6) is -0.819. The van der Waals surface area contributed by atoms with Gasteiger partial charge in [0, 0.05) is 13.5 Å². The topological polar surface area (TPSA) is 35.5 Å². The first-order valence-corrected chi connectivity index (χ1v) is 4.98. The van der Waals surface area contributed by atoms with Crippen molar-refractivity contribution in [3.8, 4) is 5.75 Å². The molecule has 0 saturated heterocycles. The van der Waals surface area contributed by atoms with E-state index >= 15 is 0 Å². The van der Waals surface area contributed by atoms with Crippen molar-refractivity contribution >= 4 is 5.78 Å². The van der Waals surface area contributed by atoms with E-state index in [0.717, 1.165) is 0 Å². The Morgan fingerprint density at radius 2 is 2.12 bits per heavy atom. The number of Topliss-reactive ketones (excluding diaryl/α,β-unsaturated/α-hetero) is 1. The van der Waals surface area contributed by atoms with Gasteiger partial charge < -0.3 is 9.47 Å². The lowest BCUT2D eigenvalue weighted by Gasteiger charge is -2.10. The normalized spacial score (nSPS) is 12.2. The molecule has 3 nitrogen and oxygen atoms in total. The lowest BCUT2D eigenvalue weighted by Crippen LogP contribution is -2.13. The summed E-state index contributed by atoms with van der Waals surface area (Å²) in [7, 11) is 2.88. The van der Waals surface area contributed by atoms with Crippen LogP contribution in [0, 0.1) is 5.82 Å². The molecule has 4 heteroatoms. The van der Waals surface area contributed by atoms with Gasteiger partial charge in [-0.1, -0.05) is 6.07 Å². The molecule has 0 aliphatic rings. The van der Waals surface area contributed by atoms with Crippen LogP contribution in [0.2, 0.25) is 0 Å². The smallest absolute Gasteiger partial charge is 0.175 e. The Bertz CT molecular complexity index is 377. The third-order valence-electron chi connectivity index (χ3n) is 2.36. The molecular weight excluding hydrogens is 211 g/mol. The second-order valence-electron chi connectivity index (χ2n) is 3.50. The molecule has 0 fully saturated rings. The summed E-state index contributed by atoms with van der Waals surface area (Å²) in [5.41, 5.74) is 0.0447. The van der Waals surface area contributed by atoms with Gasteiger partial charge >= 0.3 is 0 Å². The fourth-order valence-corrected chi connectivity index (χ4v) is 1.34. The van der Waals surface area contributed by atoms with E-state index in [0.29, 0.717) is 0 Å². The molecule has 1 aromatic carbocycles. The maximum atomic E-state index is 13.7. The quantitative estimate of drug-likeness (QED) is 0.723. The van der Waals surface area contributed by atoms with Crippen LogP contribution in [0.5, 0.6) is 5.75 Å². The molecule has 0 spiro atoms. The van der Waals surface area contributed by atoms with Crippen LogP contribution in [0.25, 0.3) is 0 Å². The molecule has 1 aromatic rings. The Hall–Kier alpha value is -1.42. The SMILES string of the molecule is COc1cccc(C(=O)CC(C)OC)c1F. The average Bonchev–Trinajstić information content (AvgIpc) is 2.29. The van der Waals surface area contributed by atoms with Gasteiger partial charge in [-0.15, -0.1) is 0 Å². The van der Waals surface area contributed by atoms with Crippen LogP contribution in [0.15, 0.2) is 18.2 Å². The summed E-state index contributed by atoms with van der Waals surface area (Å²) >= 11 is 0. The van der Waals surface area contributed by atoms with Crippen LogP contribution in [-0.2, 0) is 4.74 Å².